The smallest absolute Gasteiger partial charge is 0.297 e. The summed E-state index contributed by atoms with van der Waals surface area (Å²) >= 11 is 0. The Morgan fingerprint density at radius 2 is 1.95 bits per heavy atom. The lowest BCUT2D eigenvalue weighted by Gasteiger charge is -2.36. The standard InChI is InChI=1S/C27H34N6O6S/c1-27(2,26(28)34)33-31-19(22-25(40(33,35)36)32(3)23(30-22)24-29-14-15-38-24)16-21(39-17-10-6-5-7-11-17)18-12-8-9-13-20(18)37-4/h8-9,12-15,17,21H,5-7,10-11,16H2,1-4H3,(H2,28,34)/t21-/m0/s1. The van der Waals surface area contributed by atoms with E-state index in [0.717, 1.165) is 35.7 Å². The van der Waals surface area contributed by atoms with Gasteiger partial charge in [-0.05, 0) is 32.8 Å². The van der Waals surface area contributed by atoms with Crippen molar-refractivity contribution in [3.63, 3.8) is 0 Å². The number of hydrogen-bond donors (Lipinski definition) is 1. The highest BCUT2D eigenvalue weighted by molar-refractivity contribution is 7.89. The SMILES string of the molecule is COc1ccccc1[C@H](CC1=NN(C(C)(C)C(N)=O)S(=O)(=O)c2c1nc(-c1ncco1)n2C)OC1CCCCC1. The number of benzene rings is 1. The van der Waals surface area contributed by atoms with Crippen molar-refractivity contribution in [2.45, 2.75) is 75.1 Å². The Labute approximate surface area is 233 Å². The van der Waals surface area contributed by atoms with E-state index in [0.29, 0.717) is 11.5 Å². The van der Waals surface area contributed by atoms with Crippen LogP contribution in [0.5, 0.6) is 5.75 Å². The van der Waals surface area contributed by atoms with E-state index in [1.54, 1.807) is 14.2 Å². The topological polar surface area (TPSA) is 155 Å². The summed E-state index contributed by atoms with van der Waals surface area (Å²) in [4.78, 5) is 21.2. The van der Waals surface area contributed by atoms with Gasteiger partial charge >= 0.3 is 0 Å². The molecule has 0 bridgehead atoms. The molecule has 1 aliphatic heterocycles. The Balaban J connectivity index is 1.66. The number of fused-ring (bicyclic) bond motifs is 1. The maximum absolute atomic E-state index is 13.9. The van der Waals surface area contributed by atoms with E-state index in [1.807, 2.05) is 24.3 Å². The number of primary amides is 1. The molecule has 1 aliphatic carbocycles. The van der Waals surface area contributed by atoms with Crippen molar-refractivity contribution in [2.75, 3.05) is 7.11 Å². The lowest BCUT2D eigenvalue weighted by Crippen LogP contribution is -2.55. The first kappa shape index (κ1) is 27.8. The van der Waals surface area contributed by atoms with Gasteiger partial charge < -0.3 is 24.2 Å². The summed E-state index contributed by atoms with van der Waals surface area (Å²) in [7, 11) is -1.20. The zero-order valence-electron chi connectivity index (χ0n) is 23.0. The van der Waals surface area contributed by atoms with Crippen LogP contribution in [0.1, 0.15) is 69.7 Å². The number of para-hydroxylation sites is 1. The fourth-order valence-electron chi connectivity index (χ4n) is 5.21. The molecule has 40 heavy (non-hydrogen) atoms. The molecule has 13 heteroatoms. The molecule has 3 aromatic rings. The monoisotopic (exact) mass is 570 g/mol. The first-order chi connectivity index (χ1) is 19.1. The Bertz CT molecular complexity index is 1520. The van der Waals surface area contributed by atoms with Gasteiger partial charge in [-0.3, -0.25) is 4.79 Å². The zero-order valence-corrected chi connectivity index (χ0v) is 23.8. The van der Waals surface area contributed by atoms with E-state index in [1.165, 1.54) is 37.3 Å². The van der Waals surface area contributed by atoms with E-state index in [2.05, 4.69) is 15.1 Å². The Kier molecular flexibility index (Phi) is 7.44. The summed E-state index contributed by atoms with van der Waals surface area (Å²) in [6.07, 6.45) is 7.66. The van der Waals surface area contributed by atoms with Crippen LogP contribution in [-0.2, 0) is 26.6 Å². The lowest BCUT2D eigenvalue weighted by molar-refractivity contribution is -0.125. The quantitative estimate of drug-likeness (QED) is 0.410. The number of amides is 1. The number of rotatable bonds is 9. The second-order valence-electron chi connectivity index (χ2n) is 10.5. The minimum absolute atomic E-state index is 0.0285. The molecule has 1 fully saturated rings. The maximum atomic E-state index is 13.9. The van der Waals surface area contributed by atoms with Crippen LogP contribution in [0.2, 0.25) is 0 Å². The first-order valence-electron chi connectivity index (χ1n) is 13.2. The Morgan fingerprint density at radius 1 is 1.23 bits per heavy atom. The number of nitrogens with zero attached hydrogens (tertiary/aromatic N) is 5. The molecule has 1 atom stereocenters. The van der Waals surface area contributed by atoms with Crippen LogP contribution in [0.3, 0.4) is 0 Å². The molecule has 0 unspecified atom stereocenters. The maximum Gasteiger partial charge on any atom is 0.297 e. The largest absolute Gasteiger partial charge is 0.496 e. The third kappa shape index (κ3) is 4.87. The average molecular weight is 571 g/mol. The second-order valence-corrected chi connectivity index (χ2v) is 12.2. The highest BCUT2D eigenvalue weighted by atomic mass is 32.2. The summed E-state index contributed by atoms with van der Waals surface area (Å²) in [5.74, 6) is 0.139. The van der Waals surface area contributed by atoms with Crippen LogP contribution in [-0.4, -0.2) is 57.7 Å². The van der Waals surface area contributed by atoms with Gasteiger partial charge in [-0.2, -0.15) is 17.9 Å². The molecular formula is C27H34N6O6S. The number of methoxy groups -OCH3 is 1. The van der Waals surface area contributed by atoms with E-state index >= 15 is 0 Å². The minimum Gasteiger partial charge on any atom is -0.496 e. The molecule has 12 nitrogen and oxygen atoms in total. The van der Waals surface area contributed by atoms with Crippen molar-refractivity contribution in [3.8, 4) is 17.5 Å². The molecular weight excluding hydrogens is 536 g/mol. The van der Waals surface area contributed by atoms with Crippen molar-refractivity contribution < 1.29 is 27.1 Å². The number of ether oxygens (including phenoxy) is 2. The van der Waals surface area contributed by atoms with Gasteiger partial charge in [0.15, 0.2) is 10.9 Å². The number of nitrogens with two attached hydrogens (primary N) is 1. The molecule has 1 aromatic carbocycles. The third-order valence-electron chi connectivity index (χ3n) is 7.48. The van der Waals surface area contributed by atoms with Gasteiger partial charge in [-0.25, -0.2) is 9.97 Å². The number of aromatic nitrogens is 3. The molecule has 0 radical (unpaired) electrons. The lowest BCUT2D eigenvalue weighted by atomic mass is 9.96. The van der Waals surface area contributed by atoms with Crippen LogP contribution in [0, 0.1) is 0 Å². The molecule has 0 spiro atoms. The summed E-state index contributed by atoms with van der Waals surface area (Å²) in [5, 5.41) is 4.39. The van der Waals surface area contributed by atoms with E-state index < -0.39 is 27.6 Å². The molecule has 1 saturated carbocycles. The van der Waals surface area contributed by atoms with Gasteiger partial charge in [0.2, 0.25) is 5.91 Å². The number of carbonyl (C=O) groups is 1. The van der Waals surface area contributed by atoms with Gasteiger partial charge in [0, 0.05) is 19.0 Å². The molecule has 0 saturated heterocycles. The van der Waals surface area contributed by atoms with Crippen molar-refractivity contribution in [2.24, 2.45) is 17.9 Å². The minimum atomic E-state index is -4.35. The first-order valence-corrected chi connectivity index (χ1v) is 14.7. The van der Waals surface area contributed by atoms with Crippen LogP contribution < -0.4 is 10.5 Å². The van der Waals surface area contributed by atoms with Crippen LogP contribution >= 0.6 is 0 Å². The normalized spacial score (nSPS) is 18.2. The molecule has 2 aromatic heterocycles. The number of hydrazone groups is 1. The van der Waals surface area contributed by atoms with E-state index in [4.69, 9.17) is 19.6 Å². The Morgan fingerprint density at radius 3 is 2.60 bits per heavy atom. The molecule has 2 N–H and O–H groups in total. The summed E-state index contributed by atoms with van der Waals surface area (Å²) in [5.41, 5.74) is 5.25. The number of sulfonamides is 1. The molecule has 214 valence electrons. The van der Waals surface area contributed by atoms with Gasteiger partial charge in [0.05, 0.1) is 31.2 Å². The van der Waals surface area contributed by atoms with Gasteiger partial charge in [0.25, 0.3) is 15.9 Å². The van der Waals surface area contributed by atoms with Crippen molar-refractivity contribution in [3.05, 3.63) is 48.0 Å². The van der Waals surface area contributed by atoms with Gasteiger partial charge in [-0.1, -0.05) is 37.5 Å². The van der Waals surface area contributed by atoms with Crippen molar-refractivity contribution in [1.82, 2.24) is 18.9 Å². The highest BCUT2D eigenvalue weighted by Crippen LogP contribution is 2.39. The van der Waals surface area contributed by atoms with Gasteiger partial charge in [-0.15, -0.1) is 0 Å². The summed E-state index contributed by atoms with van der Waals surface area (Å²) in [6.45, 7) is 2.83. The zero-order chi connectivity index (χ0) is 28.7. The van der Waals surface area contributed by atoms with Crippen LogP contribution in [0.25, 0.3) is 11.7 Å². The highest BCUT2D eigenvalue weighted by Gasteiger charge is 2.48. The molecule has 1 amide bonds. The number of hydrogen-bond acceptors (Lipinski definition) is 9. The average Bonchev–Trinajstić information content (AvgIpc) is 3.58. The molecule has 5 rings (SSSR count). The predicted molar refractivity (Wildman–Crippen MR) is 146 cm³/mol. The van der Waals surface area contributed by atoms with Crippen LogP contribution in [0.15, 0.2) is 51.3 Å². The number of imidazole rings is 1. The van der Waals surface area contributed by atoms with Crippen molar-refractivity contribution in [1.29, 1.82) is 0 Å². The number of oxazole rings is 1. The third-order valence-corrected chi connectivity index (χ3v) is 9.43. The Hall–Kier alpha value is -3.71. The summed E-state index contributed by atoms with van der Waals surface area (Å²) in [6, 6.07) is 7.56. The molecule has 2 aliphatic rings. The fraction of sp³-hybridized carbons (Fsp3) is 0.481. The number of carbonyl (C=O) groups excluding carboxylic acids is 1. The second kappa shape index (κ2) is 10.7. The molecule has 3 heterocycles. The predicted octanol–water partition coefficient (Wildman–Crippen LogP) is 3.54. The van der Waals surface area contributed by atoms with Gasteiger partial charge in [0.1, 0.15) is 23.2 Å². The van der Waals surface area contributed by atoms with Crippen LogP contribution in [0.4, 0.5) is 0 Å². The fourth-order valence-corrected chi connectivity index (χ4v) is 7.12. The van der Waals surface area contributed by atoms with E-state index in [9.17, 15) is 13.2 Å². The van der Waals surface area contributed by atoms with Crippen molar-refractivity contribution >= 4 is 21.6 Å². The van der Waals surface area contributed by atoms with E-state index in [-0.39, 0.29) is 35.0 Å². The summed E-state index contributed by atoms with van der Waals surface area (Å²) < 4.78 is 47.8.